The summed E-state index contributed by atoms with van der Waals surface area (Å²) in [7, 11) is -3.77. The summed E-state index contributed by atoms with van der Waals surface area (Å²) in [4.78, 5) is 6.37. The van der Waals surface area contributed by atoms with E-state index in [9.17, 15) is 8.42 Å². The van der Waals surface area contributed by atoms with Crippen molar-refractivity contribution in [2.75, 3.05) is 0 Å². The van der Waals surface area contributed by atoms with Crippen LogP contribution in [0, 0.1) is 0 Å². The van der Waals surface area contributed by atoms with Crippen LogP contribution in [0.25, 0.3) is 10.4 Å². The maximum absolute atomic E-state index is 12.3. The van der Waals surface area contributed by atoms with Gasteiger partial charge in [0.1, 0.15) is 0 Å². The highest BCUT2D eigenvalue weighted by molar-refractivity contribution is 7.91. The fourth-order valence-corrected chi connectivity index (χ4v) is 2.76. The zero-order chi connectivity index (χ0) is 13.0. The van der Waals surface area contributed by atoms with Crippen LogP contribution >= 0.6 is 0 Å². The number of hydrogen-bond donors (Lipinski definition) is 0. The molecule has 0 aliphatic rings. The third-order valence-electron chi connectivity index (χ3n) is 2.22. The van der Waals surface area contributed by atoms with Crippen molar-refractivity contribution in [2.24, 2.45) is 5.11 Å². The van der Waals surface area contributed by atoms with Gasteiger partial charge in [0, 0.05) is 11.1 Å². The Morgan fingerprint density at radius 2 is 1.83 bits per heavy atom. The molecule has 1 heterocycles. The molecule has 7 heteroatoms. The lowest BCUT2D eigenvalue weighted by Crippen LogP contribution is -2.04. The number of benzene rings is 1. The summed E-state index contributed by atoms with van der Waals surface area (Å²) in [5.74, 6) is 0. The van der Waals surface area contributed by atoms with Gasteiger partial charge >= 0.3 is 0 Å². The number of azide groups is 1. The van der Waals surface area contributed by atoms with Crippen LogP contribution in [-0.4, -0.2) is 13.4 Å². The number of pyridine rings is 1. The van der Waals surface area contributed by atoms with Gasteiger partial charge in [0.15, 0.2) is 5.03 Å². The van der Waals surface area contributed by atoms with Crippen molar-refractivity contribution in [3.05, 3.63) is 59.1 Å². The molecule has 0 bridgehead atoms. The van der Waals surface area contributed by atoms with E-state index in [1.54, 1.807) is 24.3 Å². The highest BCUT2D eigenvalue weighted by atomic mass is 32.2. The average Bonchev–Trinajstić information content (AvgIpc) is 2.41. The SMILES string of the molecule is [N-]=[N+]=Nc1ccccc1S(=O)(=O)c1ccccn1. The zero-order valence-electron chi connectivity index (χ0n) is 9.13. The molecule has 2 rings (SSSR count). The van der Waals surface area contributed by atoms with E-state index in [1.807, 2.05) is 0 Å². The molecule has 0 saturated carbocycles. The van der Waals surface area contributed by atoms with Gasteiger partial charge in [-0.3, -0.25) is 0 Å². The highest BCUT2D eigenvalue weighted by Crippen LogP contribution is 2.28. The van der Waals surface area contributed by atoms with Crippen LogP contribution in [0.5, 0.6) is 0 Å². The highest BCUT2D eigenvalue weighted by Gasteiger charge is 2.21. The van der Waals surface area contributed by atoms with Gasteiger partial charge in [-0.15, -0.1) is 0 Å². The summed E-state index contributed by atoms with van der Waals surface area (Å²) in [6.45, 7) is 0. The molecule has 1 aromatic heterocycles. The first-order valence-corrected chi connectivity index (χ1v) is 6.45. The van der Waals surface area contributed by atoms with Gasteiger partial charge in [0.25, 0.3) is 0 Å². The number of rotatable bonds is 3. The number of hydrogen-bond acceptors (Lipinski definition) is 4. The second kappa shape index (κ2) is 4.87. The Bertz CT molecular complexity index is 707. The topological polar surface area (TPSA) is 95.8 Å². The molecule has 0 N–H and O–H groups in total. The summed E-state index contributed by atoms with van der Waals surface area (Å²) in [5, 5.41) is 3.29. The molecule has 2 aromatic rings. The summed E-state index contributed by atoms with van der Waals surface area (Å²) in [5.41, 5.74) is 8.49. The molecule has 0 amide bonds. The first-order chi connectivity index (χ1) is 8.66. The number of sulfone groups is 1. The molecule has 0 fully saturated rings. The monoisotopic (exact) mass is 260 g/mol. The maximum atomic E-state index is 12.3. The van der Waals surface area contributed by atoms with Crippen LogP contribution in [0.2, 0.25) is 0 Å². The number of aromatic nitrogens is 1. The van der Waals surface area contributed by atoms with E-state index in [1.165, 1.54) is 24.4 Å². The van der Waals surface area contributed by atoms with Crippen LogP contribution < -0.4 is 0 Å². The summed E-state index contributed by atoms with van der Waals surface area (Å²) >= 11 is 0. The fourth-order valence-electron chi connectivity index (χ4n) is 1.43. The van der Waals surface area contributed by atoms with E-state index in [0.29, 0.717) is 0 Å². The van der Waals surface area contributed by atoms with E-state index >= 15 is 0 Å². The molecule has 1 aromatic carbocycles. The minimum atomic E-state index is -3.77. The van der Waals surface area contributed by atoms with Crippen molar-refractivity contribution < 1.29 is 8.42 Å². The first-order valence-electron chi connectivity index (χ1n) is 4.96. The molecule has 18 heavy (non-hydrogen) atoms. The van der Waals surface area contributed by atoms with E-state index in [2.05, 4.69) is 15.0 Å². The molecule has 0 atom stereocenters. The minimum absolute atomic E-state index is 0.0542. The standard InChI is InChI=1S/C11H8N4O2S/c12-15-14-9-5-1-2-6-10(9)18(16,17)11-7-3-4-8-13-11/h1-8H. The molecule has 0 saturated heterocycles. The van der Waals surface area contributed by atoms with Crippen LogP contribution in [0.4, 0.5) is 5.69 Å². The quantitative estimate of drug-likeness (QED) is 0.482. The van der Waals surface area contributed by atoms with Crippen molar-refractivity contribution >= 4 is 15.5 Å². The molecule has 0 aliphatic heterocycles. The van der Waals surface area contributed by atoms with Gasteiger partial charge in [0.2, 0.25) is 9.84 Å². The molecule has 0 unspecified atom stereocenters. The van der Waals surface area contributed by atoms with Crippen LogP contribution in [0.15, 0.2) is 63.7 Å². The van der Waals surface area contributed by atoms with Crippen molar-refractivity contribution in [1.29, 1.82) is 0 Å². The predicted molar refractivity (Wildman–Crippen MR) is 64.9 cm³/mol. The molecule has 0 aliphatic carbocycles. The zero-order valence-corrected chi connectivity index (χ0v) is 9.95. The van der Waals surface area contributed by atoms with Gasteiger partial charge in [-0.2, -0.15) is 0 Å². The van der Waals surface area contributed by atoms with Gasteiger partial charge in [-0.25, -0.2) is 13.4 Å². The summed E-state index contributed by atoms with van der Waals surface area (Å²) in [6.07, 6.45) is 1.39. The van der Waals surface area contributed by atoms with Gasteiger partial charge in [-0.05, 0) is 23.7 Å². The largest absolute Gasteiger partial charge is 0.244 e. The van der Waals surface area contributed by atoms with E-state index in [0.717, 1.165) is 0 Å². The second-order valence-corrected chi connectivity index (χ2v) is 5.19. The van der Waals surface area contributed by atoms with Crippen molar-refractivity contribution in [3.8, 4) is 0 Å². The van der Waals surface area contributed by atoms with Gasteiger partial charge < -0.3 is 0 Å². The van der Waals surface area contributed by atoms with Crippen LogP contribution in [0.1, 0.15) is 0 Å². The molecular formula is C11H8N4O2S. The summed E-state index contributed by atoms with van der Waals surface area (Å²) in [6, 6.07) is 10.6. The number of nitrogens with zero attached hydrogens (tertiary/aromatic N) is 4. The normalized spacial score (nSPS) is 10.7. The smallest absolute Gasteiger partial charge is 0.224 e. The third kappa shape index (κ3) is 2.17. The Balaban J connectivity index is 2.66. The average molecular weight is 260 g/mol. The van der Waals surface area contributed by atoms with Crippen molar-refractivity contribution in [3.63, 3.8) is 0 Å². The van der Waals surface area contributed by atoms with Gasteiger partial charge in [-0.1, -0.05) is 29.4 Å². The molecule has 0 spiro atoms. The van der Waals surface area contributed by atoms with Crippen LogP contribution in [0.3, 0.4) is 0 Å². The van der Waals surface area contributed by atoms with Crippen molar-refractivity contribution in [1.82, 2.24) is 4.98 Å². The summed E-state index contributed by atoms with van der Waals surface area (Å²) < 4.78 is 24.6. The lowest BCUT2D eigenvalue weighted by atomic mass is 10.3. The molecule has 0 radical (unpaired) electrons. The van der Waals surface area contributed by atoms with Crippen LogP contribution in [-0.2, 0) is 9.84 Å². The minimum Gasteiger partial charge on any atom is -0.244 e. The van der Waals surface area contributed by atoms with Gasteiger partial charge in [0.05, 0.1) is 10.6 Å². The Kier molecular flexibility index (Phi) is 3.27. The predicted octanol–water partition coefficient (Wildman–Crippen LogP) is 2.86. The molecule has 90 valence electrons. The maximum Gasteiger partial charge on any atom is 0.224 e. The Morgan fingerprint density at radius 3 is 2.50 bits per heavy atom. The fraction of sp³-hybridized carbons (Fsp3) is 0. The van der Waals surface area contributed by atoms with Crippen molar-refractivity contribution in [2.45, 2.75) is 9.92 Å². The molecule has 6 nitrogen and oxygen atoms in total. The second-order valence-electron chi connectivity index (χ2n) is 3.33. The third-order valence-corrected chi connectivity index (χ3v) is 3.94. The Labute approximate surface area is 103 Å². The lowest BCUT2D eigenvalue weighted by molar-refractivity contribution is 0.592. The van der Waals surface area contributed by atoms with E-state index in [-0.39, 0.29) is 15.6 Å². The molecular weight excluding hydrogens is 252 g/mol. The first kappa shape index (κ1) is 12.1. The lowest BCUT2D eigenvalue weighted by Gasteiger charge is -2.05. The van der Waals surface area contributed by atoms with E-state index < -0.39 is 9.84 Å². The Morgan fingerprint density at radius 1 is 1.11 bits per heavy atom. The van der Waals surface area contributed by atoms with E-state index in [4.69, 9.17) is 5.53 Å². The Hall–Kier alpha value is -2.37.